The van der Waals surface area contributed by atoms with Crippen molar-refractivity contribution in [1.29, 1.82) is 0 Å². The first-order chi connectivity index (χ1) is 40.1. The third-order valence-corrected chi connectivity index (χ3v) is 17.8. The molecule has 0 fully saturated rings. The number of nitrogens with zero attached hydrogens (tertiary/aromatic N) is 4. The Morgan fingerprint density at radius 1 is 0.532 bits per heavy atom. The van der Waals surface area contributed by atoms with Crippen molar-refractivity contribution in [1.82, 2.24) is 18.7 Å². The zero-order chi connectivity index (χ0) is 55.3. The molecule has 0 amide bonds. The SMILES string of the molecule is [2H]c1c([2H])c([2H])c(-c2cnc(-n3c4[c-]c(Oc5[c-]c(-n6[c](=[Pt])n(C78c9ccccc9C(c9ccccc9)(c9ccccc97)C7c9ccccc9C8c8ccccc87)c7ccccc76)ccc5)ccc4c4ccccc43)cc2C)c([2H])c1[2H]. The van der Waals surface area contributed by atoms with Gasteiger partial charge in [0.2, 0.25) is 0 Å². The molecule has 368 valence electrons. The summed E-state index contributed by atoms with van der Waals surface area (Å²) in [4.78, 5) is 4.91. The van der Waals surface area contributed by atoms with Crippen molar-refractivity contribution >= 4 is 32.8 Å². The van der Waals surface area contributed by atoms with E-state index in [4.69, 9.17) is 16.6 Å². The van der Waals surface area contributed by atoms with Crippen molar-refractivity contribution in [2.45, 2.75) is 29.7 Å². The van der Waals surface area contributed by atoms with E-state index in [0.717, 1.165) is 42.3 Å². The van der Waals surface area contributed by atoms with Crippen molar-refractivity contribution in [2.24, 2.45) is 0 Å². The van der Waals surface area contributed by atoms with Gasteiger partial charge in [0.15, 0.2) is 0 Å². The van der Waals surface area contributed by atoms with E-state index in [2.05, 4.69) is 204 Å². The van der Waals surface area contributed by atoms with Gasteiger partial charge < -0.3 is 0 Å². The first-order valence-electron chi connectivity index (χ1n) is 28.4. The average Bonchev–Trinajstić information content (AvgIpc) is 0.850. The molecule has 0 spiro atoms. The van der Waals surface area contributed by atoms with Gasteiger partial charge in [-0.1, -0.05) is 42.3 Å². The van der Waals surface area contributed by atoms with Crippen molar-refractivity contribution in [3.8, 4) is 34.1 Å². The van der Waals surface area contributed by atoms with Crippen LogP contribution in [-0.4, -0.2) is 18.7 Å². The smallest absolute Gasteiger partial charge is 0.0616 e. The second-order valence-electron chi connectivity index (χ2n) is 20.4. The van der Waals surface area contributed by atoms with E-state index in [-0.39, 0.29) is 41.6 Å². The Hall–Kier alpha value is -8.89. The molecule has 3 heterocycles. The summed E-state index contributed by atoms with van der Waals surface area (Å²) >= 11 is 2.58. The van der Waals surface area contributed by atoms with Gasteiger partial charge in [0.1, 0.15) is 0 Å². The third-order valence-electron chi connectivity index (χ3n) is 16.8. The summed E-state index contributed by atoms with van der Waals surface area (Å²) in [6.07, 6.45) is 1.60. The summed E-state index contributed by atoms with van der Waals surface area (Å²) in [5.74, 6) is 1.44. The topological polar surface area (TPSA) is 36.9 Å². The van der Waals surface area contributed by atoms with E-state index >= 15 is 0 Å². The molecular formula is C71H46N4OPt-2. The Labute approximate surface area is 464 Å². The number of hydrogen-bond donors (Lipinski definition) is 0. The van der Waals surface area contributed by atoms with Crippen LogP contribution in [0.1, 0.15) is 74.3 Å². The van der Waals surface area contributed by atoms with Crippen LogP contribution in [0.4, 0.5) is 0 Å². The average molecular weight is 1170 g/mol. The number of rotatable bonds is 7. The second-order valence-corrected chi connectivity index (χ2v) is 21.4. The number of aromatic nitrogens is 4. The first kappa shape index (κ1) is 39.5. The van der Waals surface area contributed by atoms with E-state index in [9.17, 15) is 0 Å². The Balaban J connectivity index is 0.879. The minimum Gasteiger partial charge on any atom is -0.0616 e. The van der Waals surface area contributed by atoms with Crippen LogP contribution in [0.5, 0.6) is 11.5 Å². The molecule has 10 aromatic carbocycles. The zero-order valence-electron chi connectivity index (χ0n) is 46.5. The van der Waals surface area contributed by atoms with E-state index in [1.54, 1.807) is 6.20 Å². The minimum absolute atomic E-state index is 0.0101. The molecule has 6 heteroatoms. The molecule has 77 heavy (non-hydrogen) atoms. The van der Waals surface area contributed by atoms with Crippen LogP contribution in [0.3, 0.4) is 0 Å². The molecule has 0 radical (unpaired) electrons. The van der Waals surface area contributed by atoms with Crippen LogP contribution >= 0.6 is 0 Å². The van der Waals surface area contributed by atoms with Gasteiger partial charge >= 0.3 is 388 Å². The number of para-hydroxylation sites is 3. The minimum atomic E-state index is -0.810. The fourth-order valence-electron chi connectivity index (χ4n) is 14.0. The molecule has 0 aliphatic heterocycles. The van der Waals surface area contributed by atoms with Gasteiger partial charge in [0.05, 0.1) is 6.85 Å². The monoisotopic (exact) mass is 1170 g/mol. The van der Waals surface area contributed by atoms with E-state index in [0.29, 0.717) is 28.4 Å². The van der Waals surface area contributed by atoms with Crippen molar-refractivity contribution in [3.05, 3.63) is 320 Å². The fraction of sp³-hybridized carbons (Fsp3) is 0.0704. The molecule has 13 aromatic rings. The van der Waals surface area contributed by atoms with Crippen LogP contribution in [0.15, 0.2) is 249 Å². The predicted molar refractivity (Wildman–Crippen MR) is 303 cm³/mol. The van der Waals surface area contributed by atoms with E-state index < -0.39 is 17.0 Å². The Bertz CT molecular complexity index is 4820. The summed E-state index contributed by atoms with van der Waals surface area (Å²) in [6.45, 7) is 1.87. The predicted octanol–water partition coefficient (Wildman–Crippen LogP) is 16.1. The molecule has 19 rings (SSSR count). The maximum absolute atomic E-state index is 8.69. The third kappa shape index (κ3) is 6.04. The number of imidazole rings is 1. The number of fused-ring (bicyclic) bond motifs is 4. The second kappa shape index (κ2) is 16.8. The van der Waals surface area contributed by atoms with E-state index in [1.165, 1.54) is 50.1 Å². The zero-order valence-corrected chi connectivity index (χ0v) is 43.7. The molecule has 6 aliphatic rings. The number of pyridine rings is 1. The molecule has 5 nitrogen and oxygen atoms in total. The Kier molecular flexibility index (Phi) is 8.62. The van der Waals surface area contributed by atoms with Gasteiger partial charge in [-0.05, 0) is 18.1 Å². The molecule has 0 saturated carbocycles. The fourth-order valence-corrected chi connectivity index (χ4v) is 15.2. The van der Waals surface area contributed by atoms with Crippen LogP contribution in [-0.2, 0) is 30.3 Å². The number of ether oxygens (including phenoxy) is 1. The molecular weight excluding hydrogens is 1120 g/mol. The Morgan fingerprint density at radius 3 is 1.81 bits per heavy atom. The van der Waals surface area contributed by atoms with Gasteiger partial charge in [-0.25, -0.2) is 0 Å². The van der Waals surface area contributed by atoms with Crippen molar-refractivity contribution < 1.29 is 30.9 Å². The molecule has 4 bridgehead atoms. The number of benzene rings is 10. The molecule has 6 aliphatic carbocycles. The summed E-state index contributed by atoms with van der Waals surface area (Å²) in [5, 5.41) is 1.95. The van der Waals surface area contributed by atoms with Gasteiger partial charge in [-0.3, -0.25) is 0 Å². The first-order valence-corrected chi connectivity index (χ1v) is 27.1. The van der Waals surface area contributed by atoms with Crippen LogP contribution in [0.25, 0.3) is 55.5 Å². The molecule has 0 N–H and O–H groups in total. The van der Waals surface area contributed by atoms with Gasteiger partial charge in [0.25, 0.3) is 0 Å². The van der Waals surface area contributed by atoms with Gasteiger partial charge in [-0.15, -0.1) is 0 Å². The summed E-state index contributed by atoms with van der Waals surface area (Å²) in [7, 11) is 0. The molecule has 3 aromatic heterocycles. The van der Waals surface area contributed by atoms with Crippen molar-refractivity contribution in [3.63, 3.8) is 0 Å². The van der Waals surface area contributed by atoms with Gasteiger partial charge in [0, 0.05) is 11.8 Å². The summed E-state index contributed by atoms with van der Waals surface area (Å²) in [5.41, 5.74) is 16.3. The quantitative estimate of drug-likeness (QED) is 0.149. The van der Waals surface area contributed by atoms with Crippen molar-refractivity contribution in [2.75, 3.05) is 0 Å². The summed E-state index contributed by atoms with van der Waals surface area (Å²) < 4.78 is 57.1. The molecule has 0 saturated heterocycles. The number of aryl methyl sites for hydroxylation is 1. The maximum atomic E-state index is 8.69. The van der Waals surface area contributed by atoms with Crippen LogP contribution < -0.4 is 4.74 Å². The van der Waals surface area contributed by atoms with Gasteiger partial charge in [-0.2, -0.15) is 0 Å². The van der Waals surface area contributed by atoms with Crippen LogP contribution in [0, 0.1) is 22.9 Å². The Morgan fingerprint density at radius 2 is 1.12 bits per heavy atom. The molecule has 0 unspecified atom stereocenters. The standard InChI is InChI=1S/C71H46N4O.Pt/c1-46-41-67(72-44-58(46)47-21-4-2-5-22-47)75-63-36-17-12-27-52(63)53-40-39-51(43-66(53)75)76-50-26-20-25-49(42-50)73-45-74(65-38-19-18-37-64(65)73)71-61-34-15-13-32-59(61)70(48-23-6-3-7-24-48,60-33-14-16-35-62(60)71)68-54-28-8-10-30-56(54)69(71)57-31-11-9-29-55(57)68;/h2-41,44,68-69H,1H3;/q-2;/i2D,4D,5D,21D,22D;. The summed E-state index contributed by atoms with van der Waals surface area (Å²) in [6, 6.07) is 82.8. The number of hydrogen-bond acceptors (Lipinski definition) is 2. The van der Waals surface area contributed by atoms with Crippen LogP contribution in [0.2, 0.25) is 0 Å². The molecule has 0 atom stereocenters. The normalized spacial score (nSPS) is 19.5. The van der Waals surface area contributed by atoms with E-state index in [1.807, 2.05) is 60.0 Å².